The lowest BCUT2D eigenvalue weighted by molar-refractivity contribution is 0.160. The van der Waals surface area contributed by atoms with Crippen LogP contribution in [-0.2, 0) is 0 Å². The third-order valence-electron chi connectivity index (χ3n) is 6.03. The van der Waals surface area contributed by atoms with Crippen molar-refractivity contribution in [2.24, 2.45) is 11.7 Å². The number of aromatic amines is 2. The van der Waals surface area contributed by atoms with Gasteiger partial charge < -0.3 is 20.6 Å². The number of pyridine rings is 1. The largest absolute Gasteiger partial charge is 0.360 e. The van der Waals surface area contributed by atoms with E-state index in [2.05, 4.69) is 21.1 Å². The predicted octanol–water partition coefficient (Wildman–Crippen LogP) is 2.55. The zero-order chi connectivity index (χ0) is 16.5. The molecule has 1 saturated heterocycles. The van der Waals surface area contributed by atoms with Gasteiger partial charge in [-0.05, 0) is 75.1 Å². The van der Waals surface area contributed by atoms with E-state index in [1.54, 1.807) is 6.07 Å². The van der Waals surface area contributed by atoms with Crippen molar-refractivity contribution in [2.45, 2.75) is 50.5 Å². The number of aromatic nitrogens is 2. The van der Waals surface area contributed by atoms with Gasteiger partial charge in [0.25, 0.3) is 0 Å². The van der Waals surface area contributed by atoms with Gasteiger partial charge in [0, 0.05) is 24.8 Å². The van der Waals surface area contributed by atoms with E-state index in [-0.39, 0.29) is 5.56 Å². The fourth-order valence-corrected chi connectivity index (χ4v) is 4.53. The SMILES string of the molecule is NC1CCC(CN2CCC(c3c[nH]c4ccc(=O)[nH]c34)CC2)CC1. The maximum atomic E-state index is 11.6. The third kappa shape index (κ3) is 3.28. The van der Waals surface area contributed by atoms with E-state index in [4.69, 9.17) is 5.73 Å². The molecule has 130 valence electrons. The lowest BCUT2D eigenvalue weighted by Crippen LogP contribution is -2.38. The predicted molar refractivity (Wildman–Crippen MR) is 97.3 cm³/mol. The molecule has 0 aromatic carbocycles. The molecule has 0 unspecified atom stereocenters. The van der Waals surface area contributed by atoms with Crippen molar-refractivity contribution in [1.29, 1.82) is 0 Å². The Morgan fingerprint density at radius 1 is 1.08 bits per heavy atom. The fraction of sp³-hybridized carbons (Fsp3) is 0.632. The normalized spacial score (nSPS) is 26.9. The Hall–Kier alpha value is -1.59. The van der Waals surface area contributed by atoms with Crippen LogP contribution < -0.4 is 11.3 Å². The Morgan fingerprint density at radius 3 is 2.58 bits per heavy atom. The molecule has 0 radical (unpaired) electrons. The van der Waals surface area contributed by atoms with E-state index in [0.717, 1.165) is 30.0 Å². The molecule has 2 aromatic heterocycles. The number of nitrogens with one attached hydrogen (secondary N) is 2. The third-order valence-corrected chi connectivity index (χ3v) is 6.03. The molecule has 2 fully saturated rings. The van der Waals surface area contributed by atoms with Gasteiger partial charge in [-0.2, -0.15) is 0 Å². The van der Waals surface area contributed by atoms with Crippen LogP contribution in [0.15, 0.2) is 23.1 Å². The smallest absolute Gasteiger partial charge is 0.248 e. The van der Waals surface area contributed by atoms with Gasteiger partial charge in [-0.15, -0.1) is 0 Å². The molecule has 4 rings (SSSR count). The molecule has 5 nitrogen and oxygen atoms in total. The summed E-state index contributed by atoms with van der Waals surface area (Å²) < 4.78 is 0. The zero-order valence-electron chi connectivity index (χ0n) is 14.3. The van der Waals surface area contributed by atoms with Crippen molar-refractivity contribution in [1.82, 2.24) is 14.9 Å². The van der Waals surface area contributed by atoms with Crippen LogP contribution >= 0.6 is 0 Å². The van der Waals surface area contributed by atoms with E-state index in [1.807, 2.05) is 6.07 Å². The van der Waals surface area contributed by atoms with Gasteiger partial charge in [-0.25, -0.2) is 0 Å². The van der Waals surface area contributed by atoms with Crippen LogP contribution in [0.3, 0.4) is 0 Å². The van der Waals surface area contributed by atoms with Gasteiger partial charge in [0.15, 0.2) is 0 Å². The summed E-state index contributed by atoms with van der Waals surface area (Å²) in [4.78, 5) is 20.6. The van der Waals surface area contributed by atoms with E-state index in [9.17, 15) is 4.79 Å². The average Bonchev–Trinajstić information content (AvgIpc) is 3.01. The lowest BCUT2D eigenvalue weighted by Gasteiger charge is -2.36. The summed E-state index contributed by atoms with van der Waals surface area (Å²) >= 11 is 0. The first kappa shape index (κ1) is 15.9. The summed E-state index contributed by atoms with van der Waals surface area (Å²) in [5, 5.41) is 0. The highest BCUT2D eigenvalue weighted by Gasteiger charge is 2.26. The molecular formula is C19H28N4O. The van der Waals surface area contributed by atoms with E-state index < -0.39 is 0 Å². The summed E-state index contributed by atoms with van der Waals surface area (Å²) in [6, 6.07) is 3.90. The molecule has 0 bridgehead atoms. The zero-order valence-corrected chi connectivity index (χ0v) is 14.3. The minimum absolute atomic E-state index is 0.0173. The van der Waals surface area contributed by atoms with Gasteiger partial charge >= 0.3 is 0 Å². The first-order valence-corrected chi connectivity index (χ1v) is 9.37. The number of hydrogen-bond acceptors (Lipinski definition) is 3. The highest BCUT2D eigenvalue weighted by Crippen LogP contribution is 2.33. The number of piperidine rings is 1. The molecule has 0 amide bonds. The molecule has 5 heteroatoms. The maximum absolute atomic E-state index is 11.6. The molecule has 2 aromatic rings. The monoisotopic (exact) mass is 328 g/mol. The van der Waals surface area contributed by atoms with Crippen LogP contribution in [0.5, 0.6) is 0 Å². The molecule has 0 atom stereocenters. The van der Waals surface area contributed by atoms with Crippen LogP contribution in [0.4, 0.5) is 0 Å². The molecule has 2 aliphatic rings. The summed E-state index contributed by atoms with van der Waals surface area (Å²) in [5.41, 5.74) is 9.32. The number of nitrogens with two attached hydrogens (primary N) is 1. The topological polar surface area (TPSA) is 77.9 Å². The number of likely N-dealkylation sites (tertiary alicyclic amines) is 1. The number of rotatable bonds is 3. The molecule has 1 aliphatic carbocycles. The molecule has 0 spiro atoms. The second kappa shape index (κ2) is 6.73. The minimum atomic E-state index is -0.0173. The van der Waals surface area contributed by atoms with Gasteiger partial charge in [-0.3, -0.25) is 4.79 Å². The fourth-order valence-electron chi connectivity index (χ4n) is 4.53. The quantitative estimate of drug-likeness (QED) is 0.810. The first-order chi connectivity index (χ1) is 11.7. The second-order valence-electron chi connectivity index (χ2n) is 7.71. The molecule has 3 heterocycles. The average molecular weight is 328 g/mol. The molecule has 24 heavy (non-hydrogen) atoms. The Morgan fingerprint density at radius 2 is 1.83 bits per heavy atom. The molecule has 1 saturated carbocycles. The second-order valence-corrected chi connectivity index (χ2v) is 7.71. The van der Waals surface area contributed by atoms with Crippen LogP contribution in [0.25, 0.3) is 11.0 Å². The highest BCUT2D eigenvalue weighted by atomic mass is 16.1. The van der Waals surface area contributed by atoms with Crippen molar-refractivity contribution in [3.63, 3.8) is 0 Å². The van der Waals surface area contributed by atoms with E-state index in [1.165, 1.54) is 50.6 Å². The summed E-state index contributed by atoms with van der Waals surface area (Å²) in [6.07, 6.45) is 9.43. The van der Waals surface area contributed by atoms with Crippen LogP contribution in [0.2, 0.25) is 0 Å². The summed E-state index contributed by atoms with van der Waals surface area (Å²) in [5.74, 6) is 1.39. The molecule has 1 aliphatic heterocycles. The van der Waals surface area contributed by atoms with E-state index >= 15 is 0 Å². The lowest BCUT2D eigenvalue weighted by atomic mass is 9.85. The van der Waals surface area contributed by atoms with Crippen molar-refractivity contribution in [3.8, 4) is 0 Å². The number of hydrogen-bond donors (Lipinski definition) is 3. The van der Waals surface area contributed by atoms with Crippen molar-refractivity contribution < 1.29 is 0 Å². The Balaban J connectivity index is 1.37. The maximum Gasteiger partial charge on any atom is 0.248 e. The van der Waals surface area contributed by atoms with Crippen LogP contribution in [-0.4, -0.2) is 40.5 Å². The Bertz CT molecular complexity index is 733. The minimum Gasteiger partial charge on any atom is -0.360 e. The molecule has 4 N–H and O–H groups in total. The van der Waals surface area contributed by atoms with Crippen molar-refractivity contribution in [2.75, 3.05) is 19.6 Å². The summed E-state index contributed by atoms with van der Waals surface area (Å²) in [6.45, 7) is 3.57. The number of nitrogens with zero attached hydrogens (tertiary/aromatic N) is 1. The van der Waals surface area contributed by atoms with Gasteiger partial charge in [-0.1, -0.05) is 0 Å². The summed E-state index contributed by atoms with van der Waals surface area (Å²) in [7, 11) is 0. The Kier molecular flexibility index (Phi) is 4.46. The standard InChI is InChI=1S/C19H28N4O/c20-15-3-1-13(2-4-15)12-23-9-7-14(8-10-23)16-11-21-17-5-6-18(24)22-19(16)17/h5-6,11,13-15,21H,1-4,7-10,12,20H2,(H,22,24). The van der Waals surface area contributed by atoms with Crippen molar-refractivity contribution in [3.05, 3.63) is 34.2 Å². The van der Waals surface area contributed by atoms with E-state index in [0.29, 0.717) is 12.0 Å². The van der Waals surface area contributed by atoms with Gasteiger partial charge in [0.1, 0.15) is 0 Å². The molecular weight excluding hydrogens is 300 g/mol. The number of H-pyrrole nitrogens is 2. The Labute approximate surface area is 142 Å². The van der Waals surface area contributed by atoms with Crippen molar-refractivity contribution >= 4 is 11.0 Å². The van der Waals surface area contributed by atoms with Crippen LogP contribution in [0.1, 0.15) is 50.0 Å². The van der Waals surface area contributed by atoms with Gasteiger partial charge in [0.05, 0.1) is 11.0 Å². The highest BCUT2D eigenvalue weighted by molar-refractivity contribution is 5.79. The number of fused-ring (bicyclic) bond motifs is 1. The van der Waals surface area contributed by atoms with Gasteiger partial charge in [0.2, 0.25) is 5.56 Å². The first-order valence-electron chi connectivity index (χ1n) is 9.37. The van der Waals surface area contributed by atoms with Crippen LogP contribution in [0, 0.1) is 5.92 Å².